The molecule has 0 aromatic carbocycles. The summed E-state index contributed by atoms with van der Waals surface area (Å²) in [5, 5.41) is 3.21. The van der Waals surface area contributed by atoms with Gasteiger partial charge in [0.2, 0.25) is 0 Å². The van der Waals surface area contributed by atoms with Crippen LogP contribution >= 0.6 is 0 Å². The second-order valence-electron chi connectivity index (χ2n) is 3.84. The summed E-state index contributed by atoms with van der Waals surface area (Å²) < 4.78 is 0. The van der Waals surface area contributed by atoms with E-state index >= 15 is 0 Å². The molecule has 74 valence electrons. The molecule has 0 atom stereocenters. The molecule has 0 bridgehead atoms. The Labute approximate surface area is 82.3 Å². The minimum absolute atomic E-state index is 0.864. The SMILES string of the molecule is CCNCC#CCC1CCCCC1. The van der Waals surface area contributed by atoms with Crippen LogP contribution in [0.15, 0.2) is 0 Å². The van der Waals surface area contributed by atoms with E-state index in [-0.39, 0.29) is 0 Å². The van der Waals surface area contributed by atoms with Crippen LogP contribution < -0.4 is 5.32 Å². The summed E-state index contributed by atoms with van der Waals surface area (Å²) in [6.45, 7) is 4.00. The van der Waals surface area contributed by atoms with Crippen LogP contribution in [0.3, 0.4) is 0 Å². The quantitative estimate of drug-likeness (QED) is 0.518. The Bertz CT molecular complexity index is 169. The molecule has 1 aliphatic carbocycles. The van der Waals surface area contributed by atoms with Gasteiger partial charge in [0.15, 0.2) is 0 Å². The van der Waals surface area contributed by atoms with Gasteiger partial charge in [-0.1, -0.05) is 32.1 Å². The van der Waals surface area contributed by atoms with E-state index in [0.29, 0.717) is 0 Å². The van der Waals surface area contributed by atoms with Crippen LogP contribution in [-0.2, 0) is 0 Å². The van der Waals surface area contributed by atoms with Gasteiger partial charge in [-0.05, 0) is 25.3 Å². The van der Waals surface area contributed by atoms with Gasteiger partial charge in [-0.25, -0.2) is 0 Å². The van der Waals surface area contributed by atoms with Gasteiger partial charge in [0.1, 0.15) is 0 Å². The van der Waals surface area contributed by atoms with E-state index in [0.717, 1.165) is 25.4 Å². The summed E-state index contributed by atoms with van der Waals surface area (Å²) in [5.74, 6) is 7.36. The highest BCUT2D eigenvalue weighted by atomic mass is 14.8. The second-order valence-corrected chi connectivity index (χ2v) is 3.84. The van der Waals surface area contributed by atoms with Crippen LogP contribution in [0.1, 0.15) is 45.4 Å². The molecule has 1 aliphatic rings. The fourth-order valence-corrected chi connectivity index (χ4v) is 1.86. The zero-order valence-electron chi connectivity index (χ0n) is 8.73. The zero-order valence-corrected chi connectivity index (χ0v) is 8.73. The molecule has 1 heteroatoms. The van der Waals surface area contributed by atoms with E-state index in [1.54, 1.807) is 0 Å². The van der Waals surface area contributed by atoms with Gasteiger partial charge < -0.3 is 5.32 Å². The average molecular weight is 179 g/mol. The molecular formula is C12H21N. The summed E-state index contributed by atoms with van der Waals surface area (Å²) >= 11 is 0. The van der Waals surface area contributed by atoms with Gasteiger partial charge in [0, 0.05) is 6.42 Å². The molecule has 0 heterocycles. The predicted octanol–water partition coefficient (Wildman–Crippen LogP) is 2.57. The normalized spacial score (nSPS) is 17.9. The van der Waals surface area contributed by atoms with Crippen molar-refractivity contribution in [2.45, 2.75) is 45.4 Å². The average Bonchev–Trinajstić information content (AvgIpc) is 2.19. The first-order valence-electron chi connectivity index (χ1n) is 5.60. The summed E-state index contributed by atoms with van der Waals surface area (Å²) in [6, 6.07) is 0. The lowest BCUT2D eigenvalue weighted by atomic mass is 9.87. The first-order valence-corrected chi connectivity index (χ1v) is 5.60. The topological polar surface area (TPSA) is 12.0 Å². The third kappa shape index (κ3) is 4.95. The van der Waals surface area contributed by atoms with E-state index < -0.39 is 0 Å². The maximum Gasteiger partial charge on any atom is 0.0576 e. The van der Waals surface area contributed by atoms with Crippen LogP contribution in [0.25, 0.3) is 0 Å². The summed E-state index contributed by atoms with van der Waals surface area (Å²) in [5.41, 5.74) is 0. The smallest absolute Gasteiger partial charge is 0.0576 e. The Morgan fingerprint density at radius 2 is 1.92 bits per heavy atom. The molecule has 1 saturated carbocycles. The second kappa shape index (κ2) is 6.97. The summed E-state index contributed by atoms with van der Waals surface area (Å²) in [6.07, 6.45) is 8.26. The summed E-state index contributed by atoms with van der Waals surface area (Å²) in [4.78, 5) is 0. The first kappa shape index (κ1) is 10.6. The highest BCUT2D eigenvalue weighted by Gasteiger charge is 2.11. The molecule has 0 spiro atoms. The minimum atomic E-state index is 0.864. The lowest BCUT2D eigenvalue weighted by molar-refractivity contribution is 0.365. The third-order valence-corrected chi connectivity index (χ3v) is 2.70. The fraction of sp³-hybridized carbons (Fsp3) is 0.833. The van der Waals surface area contributed by atoms with E-state index in [9.17, 15) is 0 Å². The first-order chi connectivity index (χ1) is 6.43. The zero-order chi connectivity index (χ0) is 9.36. The molecule has 0 radical (unpaired) electrons. The maximum absolute atomic E-state index is 3.28. The van der Waals surface area contributed by atoms with E-state index in [4.69, 9.17) is 0 Å². The van der Waals surface area contributed by atoms with Crippen LogP contribution in [0, 0.1) is 17.8 Å². The van der Waals surface area contributed by atoms with Crippen molar-refractivity contribution in [3.8, 4) is 11.8 Å². The van der Waals surface area contributed by atoms with E-state index in [2.05, 4.69) is 24.1 Å². The van der Waals surface area contributed by atoms with Crippen molar-refractivity contribution in [1.82, 2.24) is 5.32 Å². The summed E-state index contributed by atoms with van der Waals surface area (Å²) in [7, 11) is 0. The maximum atomic E-state index is 3.28. The Kier molecular flexibility index (Phi) is 5.69. The number of hydrogen-bond acceptors (Lipinski definition) is 1. The number of rotatable bonds is 3. The third-order valence-electron chi connectivity index (χ3n) is 2.70. The van der Waals surface area contributed by atoms with Crippen LogP contribution in [0.5, 0.6) is 0 Å². The number of hydrogen-bond donors (Lipinski definition) is 1. The Balaban J connectivity index is 2.04. The van der Waals surface area contributed by atoms with Crippen molar-refractivity contribution in [3.05, 3.63) is 0 Å². The molecule has 0 aromatic heterocycles. The fourth-order valence-electron chi connectivity index (χ4n) is 1.86. The van der Waals surface area contributed by atoms with E-state index in [1.807, 2.05) is 0 Å². The van der Waals surface area contributed by atoms with Crippen molar-refractivity contribution in [3.63, 3.8) is 0 Å². The molecule has 1 rings (SSSR count). The number of nitrogens with one attached hydrogen (secondary N) is 1. The van der Waals surface area contributed by atoms with Gasteiger partial charge in [0.25, 0.3) is 0 Å². The molecule has 13 heavy (non-hydrogen) atoms. The molecule has 0 unspecified atom stereocenters. The molecule has 1 fully saturated rings. The predicted molar refractivity (Wildman–Crippen MR) is 57.5 cm³/mol. The Morgan fingerprint density at radius 1 is 1.15 bits per heavy atom. The Morgan fingerprint density at radius 3 is 2.62 bits per heavy atom. The molecule has 1 N–H and O–H groups in total. The van der Waals surface area contributed by atoms with Crippen LogP contribution in [0.2, 0.25) is 0 Å². The van der Waals surface area contributed by atoms with Crippen molar-refractivity contribution >= 4 is 0 Å². The van der Waals surface area contributed by atoms with Gasteiger partial charge in [-0.3, -0.25) is 0 Å². The van der Waals surface area contributed by atoms with Gasteiger partial charge in [-0.15, -0.1) is 5.92 Å². The standard InChI is InChI=1S/C12H21N/c1-2-13-11-7-6-10-12-8-4-3-5-9-12/h12-13H,2-5,8-11H2,1H3. The molecule has 0 amide bonds. The van der Waals surface area contributed by atoms with Crippen LogP contribution in [-0.4, -0.2) is 13.1 Å². The lowest BCUT2D eigenvalue weighted by Crippen LogP contribution is -2.12. The van der Waals surface area contributed by atoms with Gasteiger partial charge >= 0.3 is 0 Å². The van der Waals surface area contributed by atoms with Crippen molar-refractivity contribution < 1.29 is 0 Å². The van der Waals surface area contributed by atoms with Crippen molar-refractivity contribution in [1.29, 1.82) is 0 Å². The van der Waals surface area contributed by atoms with Gasteiger partial charge in [-0.2, -0.15) is 0 Å². The van der Waals surface area contributed by atoms with Gasteiger partial charge in [0.05, 0.1) is 6.54 Å². The Hall–Kier alpha value is -0.480. The highest BCUT2D eigenvalue weighted by Crippen LogP contribution is 2.25. The molecular weight excluding hydrogens is 158 g/mol. The highest BCUT2D eigenvalue weighted by molar-refractivity contribution is 5.01. The largest absolute Gasteiger partial charge is 0.307 e. The van der Waals surface area contributed by atoms with Crippen LogP contribution in [0.4, 0.5) is 0 Å². The van der Waals surface area contributed by atoms with E-state index in [1.165, 1.54) is 32.1 Å². The van der Waals surface area contributed by atoms with Crippen molar-refractivity contribution in [2.75, 3.05) is 13.1 Å². The minimum Gasteiger partial charge on any atom is -0.307 e. The molecule has 1 nitrogen and oxygen atoms in total. The van der Waals surface area contributed by atoms with Crippen molar-refractivity contribution in [2.24, 2.45) is 5.92 Å². The monoisotopic (exact) mass is 179 g/mol. The lowest BCUT2D eigenvalue weighted by Gasteiger charge is -2.18. The molecule has 0 saturated heterocycles. The molecule has 0 aromatic rings. The molecule has 0 aliphatic heterocycles.